The number of carbonyl (C=O) groups excluding carboxylic acids is 1. The highest BCUT2D eigenvalue weighted by molar-refractivity contribution is 7.11. The van der Waals surface area contributed by atoms with Crippen LogP contribution in [0.5, 0.6) is 0 Å². The van der Waals surface area contributed by atoms with Gasteiger partial charge < -0.3 is 10.5 Å². The number of aromatic nitrogens is 1. The Hall–Kier alpha value is -2.93. The van der Waals surface area contributed by atoms with Gasteiger partial charge in [-0.1, -0.05) is 0 Å². The normalized spacial score (nSPS) is 16.4. The van der Waals surface area contributed by atoms with Crippen molar-refractivity contribution >= 4 is 57.4 Å². The van der Waals surface area contributed by atoms with Gasteiger partial charge in [0.25, 0.3) is 5.56 Å². The molecule has 4 rings (SSSR count). The summed E-state index contributed by atoms with van der Waals surface area (Å²) >= 11 is 4.18. The number of aryl methyl sites for hydroxylation is 2. The van der Waals surface area contributed by atoms with E-state index in [1.807, 2.05) is 42.8 Å². The summed E-state index contributed by atoms with van der Waals surface area (Å²) in [7, 11) is 0. The van der Waals surface area contributed by atoms with Crippen molar-refractivity contribution in [2.24, 2.45) is 5.73 Å². The molecule has 0 aromatic carbocycles. The van der Waals surface area contributed by atoms with Gasteiger partial charge in [0, 0.05) is 9.75 Å². The highest BCUT2D eigenvalue weighted by Crippen LogP contribution is 2.40. The predicted molar refractivity (Wildman–Crippen MR) is 125 cm³/mol. The van der Waals surface area contributed by atoms with E-state index < -0.39 is 11.9 Å². The van der Waals surface area contributed by atoms with Crippen molar-refractivity contribution in [2.75, 3.05) is 6.61 Å². The fourth-order valence-electron chi connectivity index (χ4n) is 3.55. The van der Waals surface area contributed by atoms with E-state index in [1.54, 1.807) is 6.92 Å². The molecule has 2 N–H and O–H groups in total. The van der Waals surface area contributed by atoms with Gasteiger partial charge in [-0.25, -0.2) is 4.79 Å². The smallest absolute Gasteiger partial charge is 0.338 e. The van der Waals surface area contributed by atoms with Crippen molar-refractivity contribution in [3.63, 3.8) is 0 Å². The zero-order valence-electron chi connectivity index (χ0n) is 17.1. The van der Waals surface area contributed by atoms with Crippen molar-refractivity contribution in [3.8, 4) is 6.07 Å². The monoisotopic (exact) mass is 469 g/mol. The lowest BCUT2D eigenvalue weighted by atomic mass is 9.87. The largest absolute Gasteiger partial charge is 0.463 e. The number of nitrogens with two attached hydrogens (primary N) is 1. The fourth-order valence-corrected chi connectivity index (χ4v) is 6.67. The van der Waals surface area contributed by atoms with Crippen LogP contribution in [-0.4, -0.2) is 17.1 Å². The molecule has 0 saturated heterocycles. The average molecular weight is 470 g/mol. The number of thiophene rings is 2. The van der Waals surface area contributed by atoms with Crippen LogP contribution < -0.4 is 20.5 Å². The number of allylic oxidation sites excluding steroid dienone is 1. The van der Waals surface area contributed by atoms with Gasteiger partial charge in [0.15, 0.2) is 0 Å². The number of ether oxygens (including phenoxy) is 1. The molecule has 0 spiro atoms. The number of nitrogens with zero attached hydrogens (tertiary/aromatic N) is 2. The van der Waals surface area contributed by atoms with Crippen LogP contribution in [0.4, 0.5) is 0 Å². The second kappa shape index (κ2) is 8.30. The van der Waals surface area contributed by atoms with E-state index >= 15 is 0 Å². The summed E-state index contributed by atoms with van der Waals surface area (Å²) < 4.78 is 7.49. The van der Waals surface area contributed by atoms with Crippen molar-refractivity contribution in [2.45, 2.75) is 26.7 Å². The summed E-state index contributed by atoms with van der Waals surface area (Å²) in [5.41, 5.74) is 8.48. The topological polar surface area (TPSA) is 98.1 Å². The molecule has 1 atom stereocenters. The third-order valence-electron chi connectivity index (χ3n) is 5.09. The summed E-state index contributed by atoms with van der Waals surface area (Å²) in [5, 5.41) is 13.8. The maximum absolute atomic E-state index is 13.3. The molecule has 0 radical (unpaired) electrons. The minimum atomic E-state index is -0.668. The number of rotatable bonds is 4. The number of carbonyl (C=O) groups is 1. The maximum Gasteiger partial charge on any atom is 0.338 e. The Balaban J connectivity index is 2.13. The minimum absolute atomic E-state index is 0.0622. The van der Waals surface area contributed by atoms with Crippen LogP contribution in [0.3, 0.4) is 0 Å². The van der Waals surface area contributed by atoms with Crippen LogP contribution in [0.2, 0.25) is 0 Å². The molecule has 9 heteroatoms. The summed E-state index contributed by atoms with van der Waals surface area (Å²) in [5.74, 6) is -1.15. The van der Waals surface area contributed by atoms with Crippen LogP contribution in [-0.2, 0) is 9.53 Å². The van der Waals surface area contributed by atoms with E-state index in [-0.39, 0.29) is 29.1 Å². The standard InChI is InChI=1S/C22H19N3O3S3/c1-4-28-22(27)17-16(18-12(3)6-8-30-18)13(10-23)19(24)25-20(26)15(31-21(17)25)9-14-11(2)5-7-29-14/h5-9,16H,4,24H2,1-3H3/t16-/m0/s1. The Bertz CT molecular complexity index is 1440. The third kappa shape index (κ3) is 3.47. The summed E-state index contributed by atoms with van der Waals surface area (Å²) in [6.07, 6.45) is 1.81. The molecule has 0 saturated carbocycles. The predicted octanol–water partition coefficient (Wildman–Crippen LogP) is 2.64. The molecular weight excluding hydrogens is 450 g/mol. The van der Waals surface area contributed by atoms with E-state index in [0.717, 1.165) is 20.9 Å². The molecule has 3 aromatic heterocycles. The Morgan fingerprint density at radius 3 is 2.58 bits per heavy atom. The molecular formula is C22H19N3O3S3. The number of nitriles is 1. The van der Waals surface area contributed by atoms with Gasteiger partial charge in [0.05, 0.1) is 34.3 Å². The summed E-state index contributed by atoms with van der Waals surface area (Å²) in [4.78, 5) is 28.2. The first-order chi connectivity index (χ1) is 14.9. The highest BCUT2D eigenvalue weighted by Gasteiger charge is 2.37. The molecule has 6 nitrogen and oxygen atoms in total. The van der Waals surface area contributed by atoms with Gasteiger partial charge in [-0.2, -0.15) is 5.26 Å². The zero-order valence-corrected chi connectivity index (χ0v) is 19.5. The number of hydrogen-bond acceptors (Lipinski definition) is 8. The number of esters is 1. The van der Waals surface area contributed by atoms with E-state index in [0.29, 0.717) is 9.20 Å². The maximum atomic E-state index is 13.3. The first kappa shape index (κ1) is 21.3. The second-order valence-corrected chi connectivity index (χ2v) is 9.90. The average Bonchev–Trinajstić information content (AvgIpc) is 3.42. The van der Waals surface area contributed by atoms with Crippen LogP contribution in [0.1, 0.15) is 33.7 Å². The van der Waals surface area contributed by atoms with Crippen molar-refractivity contribution in [1.82, 2.24) is 4.57 Å². The third-order valence-corrected chi connectivity index (χ3v) is 8.25. The Kier molecular flexibility index (Phi) is 5.71. The molecule has 1 aliphatic rings. The van der Waals surface area contributed by atoms with E-state index in [1.165, 1.54) is 38.6 Å². The molecule has 0 amide bonds. The molecule has 0 unspecified atom stereocenters. The van der Waals surface area contributed by atoms with Gasteiger partial charge >= 0.3 is 5.97 Å². The summed E-state index contributed by atoms with van der Waals surface area (Å²) in [6.45, 7) is 5.81. The lowest BCUT2D eigenvalue weighted by molar-refractivity contribution is -0.136. The van der Waals surface area contributed by atoms with Gasteiger partial charge in [-0.15, -0.1) is 34.0 Å². The van der Waals surface area contributed by atoms with E-state index in [4.69, 9.17) is 10.5 Å². The zero-order chi connectivity index (χ0) is 22.3. The number of thiazole rings is 1. The molecule has 0 bridgehead atoms. The van der Waals surface area contributed by atoms with Crippen LogP contribution in [0.15, 0.2) is 33.3 Å². The Morgan fingerprint density at radius 2 is 2.00 bits per heavy atom. The molecule has 3 aromatic rings. The van der Waals surface area contributed by atoms with Crippen molar-refractivity contribution < 1.29 is 9.53 Å². The number of fused-ring (bicyclic) bond motifs is 1. The summed E-state index contributed by atoms with van der Waals surface area (Å²) in [6, 6.07) is 6.06. The molecule has 31 heavy (non-hydrogen) atoms. The van der Waals surface area contributed by atoms with Crippen molar-refractivity contribution in [3.05, 3.63) is 68.9 Å². The van der Waals surface area contributed by atoms with Crippen molar-refractivity contribution in [1.29, 1.82) is 5.26 Å². The lowest BCUT2D eigenvalue weighted by Gasteiger charge is -2.24. The van der Waals surface area contributed by atoms with Gasteiger partial charge in [-0.05, 0) is 60.9 Å². The van der Waals surface area contributed by atoms with Crippen LogP contribution in [0.25, 0.3) is 17.5 Å². The molecule has 0 fully saturated rings. The lowest BCUT2D eigenvalue weighted by Crippen LogP contribution is -2.40. The Morgan fingerprint density at radius 1 is 1.29 bits per heavy atom. The Labute approximate surface area is 190 Å². The van der Waals surface area contributed by atoms with E-state index in [2.05, 4.69) is 6.07 Å². The minimum Gasteiger partial charge on any atom is -0.463 e. The van der Waals surface area contributed by atoms with Crippen LogP contribution in [0, 0.1) is 25.2 Å². The molecule has 4 heterocycles. The SMILES string of the molecule is CCOC(=O)C1=c2sc(=Cc3sccc3C)c(=O)n2C(N)=C(C#N)[C@@H]1c1sccc1C. The van der Waals surface area contributed by atoms with Crippen LogP contribution >= 0.6 is 34.0 Å². The van der Waals surface area contributed by atoms with Gasteiger partial charge in [0.2, 0.25) is 0 Å². The molecule has 1 aliphatic heterocycles. The fraction of sp³-hybridized carbons (Fsp3) is 0.227. The van der Waals surface area contributed by atoms with E-state index in [9.17, 15) is 14.9 Å². The van der Waals surface area contributed by atoms with Gasteiger partial charge in [0.1, 0.15) is 10.5 Å². The van der Waals surface area contributed by atoms with Gasteiger partial charge in [-0.3, -0.25) is 9.36 Å². The molecule has 158 valence electrons. The quantitative estimate of drug-likeness (QED) is 0.593. The number of hydrogen-bond donors (Lipinski definition) is 1. The first-order valence-electron chi connectivity index (χ1n) is 9.52. The highest BCUT2D eigenvalue weighted by atomic mass is 32.1. The molecule has 0 aliphatic carbocycles. The second-order valence-electron chi connectivity index (χ2n) is 6.97. The first-order valence-corrected chi connectivity index (χ1v) is 12.1.